The zero-order valence-corrected chi connectivity index (χ0v) is 12.7. The number of anilines is 1. The summed E-state index contributed by atoms with van der Waals surface area (Å²) in [4.78, 5) is 23.4. The van der Waals surface area contributed by atoms with Crippen LogP contribution >= 0.6 is 0 Å². The molecule has 1 aliphatic heterocycles. The molecule has 0 bridgehead atoms. The van der Waals surface area contributed by atoms with Gasteiger partial charge in [0, 0.05) is 6.54 Å². The van der Waals surface area contributed by atoms with Gasteiger partial charge in [0.05, 0.1) is 12.1 Å². The fourth-order valence-electron chi connectivity index (χ4n) is 2.11. The lowest BCUT2D eigenvalue weighted by Crippen LogP contribution is -2.34. The van der Waals surface area contributed by atoms with Crippen molar-refractivity contribution in [1.29, 1.82) is 0 Å². The van der Waals surface area contributed by atoms with Crippen LogP contribution in [-0.2, 0) is 16.0 Å². The third kappa shape index (κ3) is 4.21. The molecule has 1 unspecified atom stereocenters. The summed E-state index contributed by atoms with van der Waals surface area (Å²) >= 11 is 0. The van der Waals surface area contributed by atoms with Gasteiger partial charge in [-0.1, -0.05) is 19.9 Å². The van der Waals surface area contributed by atoms with Crippen molar-refractivity contribution in [2.24, 2.45) is 5.92 Å². The maximum atomic E-state index is 11.8. The Labute approximate surface area is 125 Å². The topological polar surface area (TPSA) is 67.4 Å². The van der Waals surface area contributed by atoms with E-state index in [1.807, 2.05) is 6.07 Å². The SMILES string of the molecule is CC(C)CCNC(=O)Cc1ccc2c(c1)NC(=O)C(C)O2. The minimum absolute atomic E-state index is 0.00739. The van der Waals surface area contributed by atoms with Gasteiger partial charge in [0.1, 0.15) is 5.75 Å². The van der Waals surface area contributed by atoms with Gasteiger partial charge in [-0.15, -0.1) is 0 Å². The zero-order valence-electron chi connectivity index (χ0n) is 12.7. The molecule has 1 aromatic rings. The summed E-state index contributed by atoms with van der Waals surface area (Å²) < 4.78 is 5.48. The van der Waals surface area contributed by atoms with Crippen LogP contribution in [0.1, 0.15) is 32.8 Å². The Morgan fingerprint density at radius 1 is 1.43 bits per heavy atom. The van der Waals surface area contributed by atoms with Crippen LogP contribution in [0.4, 0.5) is 5.69 Å². The van der Waals surface area contributed by atoms with Crippen LogP contribution in [0.5, 0.6) is 5.75 Å². The lowest BCUT2D eigenvalue weighted by atomic mass is 10.1. The van der Waals surface area contributed by atoms with E-state index < -0.39 is 6.10 Å². The molecule has 2 amide bonds. The maximum absolute atomic E-state index is 11.8. The molecule has 1 aromatic carbocycles. The minimum Gasteiger partial charge on any atom is -0.479 e. The minimum atomic E-state index is -0.484. The second-order valence-corrected chi connectivity index (χ2v) is 5.79. The third-order valence-electron chi connectivity index (χ3n) is 3.38. The zero-order chi connectivity index (χ0) is 15.4. The second-order valence-electron chi connectivity index (χ2n) is 5.79. The molecule has 0 saturated carbocycles. The highest BCUT2D eigenvalue weighted by atomic mass is 16.5. The molecule has 0 aliphatic carbocycles. The first kappa shape index (κ1) is 15.4. The fraction of sp³-hybridized carbons (Fsp3) is 0.500. The van der Waals surface area contributed by atoms with Crippen molar-refractivity contribution in [1.82, 2.24) is 5.32 Å². The molecule has 1 aliphatic rings. The number of fused-ring (bicyclic) bond motifs is 1. The summed E-state index contributed by atoms with van der Waals surface area (Å²) in [5.74, 6) is 1.04. The highest BCUT2D eigenvalue weighted by Crippen LogP contribution is 2.30. The van der Waals surface area contributed by atoms with E-state index in [1.54, 1.807) is 19.1 Å². The smallest absolute Gasteiger partial charge is 0.265 e. The molecule has 5 nitrogen and oxygen atoms in total. The molecule has 0 saturated heterocycles. The molecule has 0 spiro atoms. The van der Waals surface area contributed by atoms with E-state index in [0.717, 1.165) is 12.0 Å². The van der Waals surface area contributed by atoms with Crippen molar-refractivity contribution in [3.63, 3.8) is 0 Å². The van der Waals surface area contributed by atoms with E-state index in [4.69, 9.17) is 4.74 Å². The first-order valence-electron chi connectivity index (χ1n) is 7.33. The number of benzene rings is 1. The van der Waals surface area contributed by atoms with Crippen molar-refractivity contribution in [2.45, 2.75) is 39.7 Å². The molecular weight excluding hydrogens is 268 g/mol. The Kier molecular flexibility index (Phi) is 4.83. The number of nitrogens with one attached hydrogen (secondary N) is 2. The number of amides is 2. The fourth-order valence-corrected chi connectivity index (χ4v) is 2.11. The molecule has 21 heavy (non-hydrogen) atoms. The molecule has 1 atom stereocenters. The van der Waals surface area contributed by atoms with E-state index in [-0.39, 0.29) is 11.8 Å². The molecule has 0 fully saturated rings. The maximum Gasteiger partial charge on any atom is 0.265 e. The van der Waals surface area contributed by atoms with Gasteiger partial charge >= 0.3 is 0 Å². The number of carbonyl (C=O) groups excluding carboxylic acids is 2. The summed E-state index contributed by atoms with van der Waals surface area (Å²) in [5, 5.41) is 5.69. The lowest BCUT2D eigenvalue weighted by molar-refractivity contribution is -0.122. The molecule has 1 heterocycles. The predicted octanol–water partition coefficient (Wildman–Crippen LogP) is 2.11. The Bertz CT molecular complexity index is 540. The standard InChI is InChI=1S/C16H22N2O3/c1-10(2)6-7-17-15(19)9-12-4-5-14-13(8-12)18-16(20)11(3)21-14/h4-5,8,10-11H,6-7,9H2,1-3H3,(H,17,19)(H,18,20). The average molecular weight is 290 g/mol. The van der Waals surface area contributed by atoms with Crippen molar-refractivity contribution >= 4 is 17.5 Å². The summed E-state index contributed by atoms with van der Waals surface area (Å²) in [7, 11) is 0. The summed E-state index contributed by atoms with van der Waals surface area (Å²) in [6.07, 6.45) is 0.789. The number of hydrogen-bond acceptors (Lipinski definition) is 3. The molecule has 114 valence electrons. The van der Waals surface area contributed by atoms with Gasteiger partial charge < -0.3 is 15.4 Å². The van der Waals surface area contributed by atoms with Gasteiger partial charge in [0.15, 0.2) is 6.10 Å². The first-order valence-corrected chi connectivity index (χ1v) is 7.33. The molecule has 0 radical (unpaired) electrons. The van der Waals surface area contributed by atoms with Crippen LogP contribution in [0.15, 0.2) is 18.2 Å². The van der Waals surface area contributed by atoms with E-state index in [9.17, 15) is 9.59 Å². The number of ether oxygens (including phenoxy) is 1. The van der Waals surface area contributed by atoms with Crippen LogP contribution in [-0.4, -0.2) is 24.5 Å². The Hall–Kier alpha value is -2.04. The Morgan fingerprint density at radius 2 is 2.19 bits per heavy atom. The largest absolute Gasteiger partial charge is 0.479 e. The highest BCUT2D eigenvalue weighted by molar-refractivity contribution is 5.97. The second kappa shape index (κ2) is 6.61. The van der Waals surface area contributed by atoms with E-state index >= 15 is 0 Å². The van der Waals surface area contributed by atoms with Crippen LogP contribution in [0.2, 0.25) is 0 Å². The normalized spacial score (nSPS) is 17.0. The third-order valence-corrected chi connectivity index (χ3v) is 3.38. The van der Waals surface area contributed by atoms with Crippen LogP contribution in [0, 0.1) is 5.92 Å². The van der Waals surface area contributed by atoms with Gasteiger partial charge in [-0.3, -0.25) is 9.59 Å². The van der Waals surface area contributed by atoms with Gasteiger partial charge in [0.2, 0.25) is 5.91 Å². The van der Waals surface area contributed by atoms with E-state index in [1.165, 1.54) is 0 Å². The monoisotopic (exact) mass is 290 g/mol. The van der Waals surface area contributed by atoms with Crippen molar-refractivity contribution in [3.8, 4) is 5.75 Å². The van der Waals surface area contributed by atoms with Crippen molar-refractivity contribution < 1.29 is 14.3 Å². The number of hydrogen-bond donors (Lipinski definition) is 2. The highest BCUT2D eigenvalue weighted by Gasteiger charge is 2.23. The summed E-state index contributed by atoms with van der Waals surface area (Å²) in [6, 6.07) is 5.44. The predicted molar refractivity (Wildman–Crippen MR) is 81.3 cm³/mol. The quantitative estimate of drug-likeness (QED) is 0.872. The van der Waals surface area contributed by atoms with Gasteiger partial charge in [-0.2, -0.15) is 0 Å². The molecular formula is C16H22N2O3. The lowest BCUT2D eigenvalue weighted by Gasteiger charge is -2.23. The van der Waals surface area contributed by atoms with Crippen molar-refractivity contribution in [3.05, 3.63) is 23.8 Å². The molecule has 5 heteroatoms. The Balaban J connectivity index is 1.94. The van der Waals surface area contributed by atoms with E-state index in [0.29, 0.717) is 30.3 Å². The Morgan fingerprint density at radius 3 is 2.90 bits per heavy atom. The molecule has 0 aromatic heterocycles. The number of rotatable bonds is 5. The van der Waals surface area contributed by atoms with E-state index in [2.05, 4.69) is 24.5 Å². The van der Waals surface area contributed by atoms with Crippen LogP contribution in [0.25, 0.3) is 0 Å². The molecule has 2 N–H and O–H groups in total. The van der Waals surface area contributed by atoms with Crippen LogP contribution in [0.3, 0.4) is 0 Å². The van der Waals surface area contributed by atoms with Gasteiger partial charge in [-0.25, -0.2) is 0 Å². The van der Waals surface area contributed by atoms with Gasteiger partial charge in [-0.05, 0) is 37.0 Å². The average Bonchev–Trinajstić information content (AvgIpc) is 2.40. The summed E-state index contributed by atoms with van der Waals surface area (Å²) in [5.41, 5.74) is 1.49. The first-order chi connectivity index (χ1) is 9.95. The van der Waals surface area contributed by atoms with Gasteiger partial charge in [0.25, 0.3) is 5.91 Å². The summed E-state index contributed by atoms with van der Waals surface area (Å²) in [6.45, 7) is 6.64. The molecule has 2 rings (SSSR count). The van der Waals surface area contributed by atoms with Crippen molar-refractivity contribution in [2.75, 3.05) is 11.9 Å². The number of carbonyl (C=O) groups is 2. The van der Waals surface area contributed by atoms with Crippen LogP contribution < -0.4 is 15.4 Å².